The topological polar surface area (TPSA) is 75.4 Å². The van der Waals surface area contributed by atoms with Crippen LogP contribution >= 0.6 is 0 Å². The number of nitrogens with one attached hydrogen (secondary N) is 1. The molecule has 0 fully saturated rings. The van der Waals surface area contributed by atoms with E-state index in [0.29, 0.717) is 23.9 Å². The number of hydrogen-bond acceptors (Lipinski definition) is 3. The molecule has 2 rings (SSSR count). The van der Waals surface area contributed by atoms with Gasteiger partial charge in [-0.3, -0.25) is 4.79 Å². The number of amides is 1. The summed E-state index contributed by atoms with van der Waals surface area (Å²) in [4.78, 5) is 12.3. The number of benzene rings is 2. The number of aromatic hydroxyl groups is 1. The van der Waals surface area contributed by atoms with Crippen LogP contribution in [0.3, 0.4) is 0 Å². The average Bonchev–Trinajstić information content (AvgIpc) is 2.47. The van der Waals surface area contributed by atoms with Crippen molar-refractivity contribution in [2.45, 2.75) is 32.2 Å². The van der Waals surface area contributed by atoms with Crippen molar-refractivity contribution in [2.75, 3.05) is 5.32 Å². The minimum absolute atomic E-state index is 0.196. The normalized spacial score (nSPS) is 11.6. The van der Waals surface area contributed by atoms with Gasteiger partial charge >= 0.3 is 0 Å². The van der Waals surface area contributed by atoms with Crippen molar-refractivity contribution in [2.24, 2.45) is 5.73 Å². The highest BCUT2D eigenvalue weighted by atomic mass is 16.3. The molecule has 2 aromatic rings. The van der Waals surface area contributed by atoms with Gasteiger partial charge in [0.15, 0.2) is 0 Å². The average molecular weight is 272 g/mol. The van der Waals surface area contributed by atoms with Crippen LogP contribution in [0.2, 0.25) is 0 Å². The molecular weight excluding hydrogens is 252 g/mol. The zero-order valence-electron chi connectivity index (χ0n) is 11.8. The first-order valence-corrected chi connectivity index (χ1v) is 6.83. The Morgan fingerprint density at radius 1 is 1.15 bits per heavy atom. The van der Waals surface area contributed by atoms with Crippen molar-refractivity contribution < 1.29 is 9.90 Å². The van der Waals surface area contributed by atoms with Gasteiger partial charge in [0.25, 0.3) is 0 Å². The Labute approximate surface area is 118 Å². The fourth-order valence-electron chi connectivity index (χ4n) is 2.22. The van der Waals surface area contributed by atoms with Crippen LogP contribution in [-0.4, -0.2) is 16.6 Å². The number of fused-ring (bicyclic) bond motifs is 1. The SMILES string of the molecule is CCC(N)(CC)C(=O)Nc1cccc2c(O)cccc12. The number of carbonyl (C=O) groups excluding carboxylic acids is 1. The van der Waals surface area contributed by atoms with E-state index in [1.807, 2.05) is 32.0 Å². The van der Waals surface area contributed by atoms with Gasteiger partial charge in [-0.1, -0.05) is 38.1 Å². The Bertz CT molecular complexity index is 633. The maximum absolute atomic E-state index is 12.3. The standard InChI is InChI=1S/C16H20N2O2/c1-3-16(17,4-2)15(20)18-13-9-5-8-12-11(13)7-6-10-14(12)19/h5-10,19H,3-4,17H2,1-2H3,(H,18,20). The predicted octanol–water partition coefficient (Wildman–Crippen LogP) is 3.00. The summed E-state index contributed by atoms with van der Waals surface area (Å²) in [6, 6.07) is 10.7. The number of phenolic OH excluding ortho intramolecular Hbond substituents is 1. The number of phenols is 1. The molecule has 4 nitrogen and oxygen atoms in total. The fourth-order valence-corrected chi connectivity index (χ4v) is 2.22. The molecule has 0 spiro atoms. The summed E-state index contributed by atoms with van der Waals surface area (Å²) >= 11 is 0. The molecule has 0 heterocycles. The maximum Gasteiger partial charge on any atom is 0.244 e. The summed E-state index contributed by atoms with van der Waals surface area (Å²) in [7, 11) is 0. The lowest BCUT2D eigenvalue weighted by Gasteiger charge is -2.25. The molecule has 0 aliphatic carbocycles. The molecule has 106 valence electrons. The lowest BCUT2D eigenvalue weighted by Crippen LogP contribution is -2.50. The quantitative estimate of drug-likeness (QED) is 0.801. The maximum atomic E-state index is 12.3. The van der Waals surface area contributed by atoms with Crippen LogP contribution < -0.4 is 11.1 Å². The van der Waals surface area contributed by atoms with Crippen molar-refractivity contribution in [3.63, 3.8) is 0 Å². The molecule has 0 unspecified atom stereocenters. The van der Waals surface area contributed by atoms with Gasteiger partial charge in [0, 0.05) is 16.5 Å². The molecule has 0 radical (unpaired) electrons. The number of rotatable bonds is 4. The zero-order chi connectivity index (χ0) is 14.8. The number of nitrogens with two attached hydrogens (primary N) is 1. The second-order valence-electron chi connectivity index (χ2n) is 5.00. The Hall–Kier alpha value is -2.07. The van der Waals surface area contributed by atoms with E-state index in [2.05, 4.69) is 5.32 Å². The second-order valence-corrected chi connectivity index (χ2v) is 5.00. The second kappa shape index (κ2) is 5.51. The predicted molar refractivity (Wildman–Crippen MR) is 81.7 cm³/mol. The van der Waals surface area contributed by atoms with E-state index in [-0.39, 0.29) is 11.7 Å². The number of carbonyl (C=O) groups is 1. The molecule has 2 aromatic carbocycles. The summed E-state index contributed by atoms with van der Waals surface area (Å²) in [5.74, 6) is 0.00179. The molecule has 0 aromatic heterocycles. The fraction of sp³-hybridized carbons (Fsp3) is 0.312. The molecule has 20 heavy (non-hydrogen) atoms. The molecule has 0 aliphatic rings. The summed E-state index contributed by atoms with van der Waals surface area (Å²) in [6.45, 7) is 3.80. The van der Waals surface area contributed by atoms with Gasteiger partial charge in [-0.15, -0.1) is 0 Å². The van der Waals surface area contributed by atoms with Crippen molar-refractivity contribution in [1.82, 2.24) is 0 Å². The van der Waals surface area contributed by atoms with Crippen LogP contribution in [-0.2, 0) is 4.79 Å². The van der Waals surface area contributed by atoms with Gasteiger partial charge in [-0.2, -0.15) is 0 Å². The Morgan fingerprint density at radius 2 is 1.75 bits per heavy atom. The minimum Gasteiger partial charge on any atom is -0.507 e. The van der Waals surface area contributed by atoms with Crippen LogP contribution in [0.4, 0.5) is 5.69 Å². The summed E-state index contributed by atoms with van der Waals surface area (Å²) < 4.78 is 0. The summed E-state index contributed by atoms with van der Waals surface area (Å²) in [6.07, 6.45) is 1.15. The van der Waals surface area contributed by atoms with E-state index >= 15 is 0 Å². The largest absolute Gasteiger partial charge is 0.507 e. The third-order valence-corrected chi connectivity index (χ3v) is 3.86. The van der Waals surface area contributed by atoms with E-state index in [1.54, 1.807) is 18.2 Å². The van der Waals surface area contributed by atoms with E-state index in [9.17, 15) is 9.90 Å². The van der Waals surface area contributed by atoms with Crippen molar-refractivity contribution in [3.8, 4) is 5.75 Å². The Morgan fingerprint density at radius 3 is 2.40 bits per heavy atom. The molecule has 4 N–H and O–H groups in total. The van der Waals surface area contributed by atoms with Crippen LogP contribution in [0.25, 0.3) is 10.8 Å². The van der Waals surface area contributed by atoms with Crippen LogP contribution in [0.5, 0.6) is 5.75 Å². The number of anilines is 1. The molecule has 0 atom stereocenters. The van der Waals surface area contributed by atoms with Gasteiger partial charge in [0.05, 0.1) is 5.54 Å². The van der Waals surface area contributed by atoms with Gasteiger partial charge < -0.3 is 16.2 Å². The minimum atomic E-state index is -0.862. The third kappa shape index (κ3) is 2.47. The first-order chi connectivity index (χ1) is 9.51. The lowest BCUT2D eigenvalue weighted by atomic mass is 9.93. The molecule has 1 amide bonds. The lowest BCUT2D eigenvalue weighted by molar-refractivity contribution is -0.121. The highest BCUT2D eigenvalue weighted by Gasteiger charge is 2.30. The molecular formula is C16H20N2O2. The van der Waals surface area contributed by atoms with Gasteiger partial charge in [0.2, 0.25) is 5.91 Å². The first-order valence-electron chi connectivity index (χ1n) is 6.83. The highest BCUT2D eigenvalue weighted by Crippen LogP contribution is 2.30. The monoisotopic (exact) mass is 272 g/mol. The van der Waals surface area contributed by atoms with Crippen LogP contribution in [0.15, 0.2) is 36.4 Å². The summed E-state index contributed by atoms with van der Waals surface area (Å²) in [5.41, 5.74) is 5.91. The van der Waals surface area contributed by atoms with Gasteiger partial charge in [-0.25, -0.2) is 0 Å². The van der Waals surface area contributed by atoms with Crippen LogP contribution in [0.1, 0.15) is 26.7 Å². The van der Waals surface area contributed by atoms with Crippen molar-refractivity contribution in [1.29, 1.82) is 0 Å². The molecule has 0 bridgehead atoms. The smallest absolute Gasteiger partial charge is 0.244 e. The zero-order valence-corrected chi connectivity index (χ0v) is 11.8. The van der Waals surface area contributed by atoms with E-state index in [0.717, 1.165) is 5.39 Å². The third-order valence-electron chi connectivity index (χ3n) is 3.86. The summed E-state index contributed by atoms with van der Waals surface area (Å²) in [5, 5.41) is 14.2. The van der Waals surface area contributed by atoms with E-state index < -0.39 is 5.54 Å². The van der Waals surface area contributed by atoms with Gasteiger partial charge in [0.1, 0.15) is 5.75 Å². The molecule has 0 saturated heterocycles. The molecule has 0 aliphatic heterocycles. The Kier molecular flexibility index (Phi) is 3.95. The highest BCUT2D eigenvalue weighted by molar-refractivity contribution is 6.06. The van der Waals surface area contributed by atoms with E-state index in [1.165, 1.54) is 0 Å². The van der Waals surface area contributed by atoms with Crippen molar-refractivity contribution >= 4 is 22.4 Å². The first kappa shape index (κ1) is 14.3. The Balaban J connectivity index is 2.40. The van der Waals surface area contributed by atoms with E-state index in [4.69, 9.17) is 5.73 Å². The molecule has 4 heteroatoms. The van der Waals surface area contributed by atoms with Crippen molar-refractivity contribution in [3.05, 3.63) is 36.4 Å². The molecule has 0 saturated carbocycles. The van der Waals surface area contributed by atoms with Crippen LogP contribution in [0, 0.1) is 0 Å². The number of hydrogen-bond donors (Lipinski definition) is 3. The van der Waals surface area contributed by atoms with Gasteiger partial charge in [-0.05, 0) is 25.0 Å².